The highest BCUT2D eigenvalue weighted by molar-refractivity contribution is 5.88. The van der Waals surface area contributed by atoms with Crippen LogP contribution in [-0.2, 0) is 0 Å². The van der Waals surface area contributed by atoms with E-state index < -0.39 is 12.0 Å². The number of nitrogens with one attached hydrogen (secondary N) is 1. The Morgan fingerprint density at radius 3 is 2.79 bits per heavy atom. The summed E-state index contributed by atoms with van der Waals surface area (Å²) in [5.74, 6) is 0.726. The number of nitrogen functional groups attached to an aromatic ring is 1. The van der Waals surface area contributed by atoms with Crippen LogP contribution in [0.3, 0.4) is 0 Å². The highest BCUT2D eigenvalue weighted by Gasteiger charge is 2.29. The van der Waals surface area contributed by atoms with E-state index in [0.29, 0.717) is 30.1 Å². The molecule has 1 aliphatic carbocycles. The quantitative estimate of drug-likeness (QED) is 0.462. The molecular weight excluding hydrogens is 440 g/mol. The summed E-state index contributed by atoms with van der Waals surface area (Å²) in [6, 6.07) is 5.87. The van der Waals surface area contributed by atoms with Crippen molar-refractivity contribution in [3.05, 3.63) is 30.1 Å². The topological polar surface area (TPSA) is 114 Å². The second-order valence-corrected chi connectivity index (χ2v) is 9.57. The molecule has 3 aromatic heterocycles. The minimum Gasteiger partial charge on any atom is -0.390 e. The second-order valence-electron chi connectivity index (χ2n) is 9.57. The molecule has 0 aromatic carbocycles. The lowest BCUT2D eigenvalue weighted by Gasteiger charge is -2.33. The van der Waals surface area contributed by atoms with Gasteiger partial charge in [0.05, 0.1) is 22.7 Å². The van der Waals surface area contributed by atoms with E-state index in [1.54, 1.807) is 10.7 Å². The van der Waals surface area contributed by atoms with Crippen LogP contribution in [0.25, 0.3) is 16.8 Å². The van der Waals surface area contributed by atoms with E-state index in [1.807, 2.05) is 31.3 Å². The maximum atomic E-state index is 12.5. The number of anilines is 2. The third-order valence-electron chi connectivity index (χ3n) is 6.79. The molecule has 0 saturated heterocycles. The first-order valence-corrected chi connectivity index (χ1v) is 11.8. The first kappa shape index (κ1) is 22.6. The van der Waals surface area contributed by atoms with Crippen molar-refractivity contribution in [2.75, 3.05) is 11.1 Å². The number of pyridine rings is 1. The Morgan fingerprint density at radius 1 is 1.24 bits per heavy atom. The molecule has 4 heterocycles. The summed E-state index contributed by atoms with van der Waals surface area (Å²) in [5, 5.41) is 18.1. The Bertz CT molecular complexity index is 1210. The zero-order valence-corrected chi connectivity index (χ0v) is 19.1. The van der Waals surface area contributed by atoms with Gasteiger partial charge in [-0.25, -0.2) is 18.3 Å². The molecular formula is C24H29F2N7O. The fraction of sp³-hybridized carbons (Fsp3) is 0.500. The molecule has 1 unspecified atom stereocenters. The van der Waals surface area contributed by atoms with Crippen molar-refractivity contribution >= 4 is 29.2 Å². The van der Waals surface area contributed by atoms with Crippen LogP contribution >= 0.6 is 0 Å². The van der Waals surface area contributed by atoms with Gasteiger partial charge in [0.1, 0.15) is 5.52 Å². The highest BCUT2D eigenvalue weighted by atomic mass is 19.3. The third-order valence-corrected chi connectivity index (χ3v) is 6.79. The molecule has 2 aliphatic rings. The first-order chi connectivity index (χ1) is 16.3. The molecule has 4 N–H and O–H groups in total. The van der Waals surface area contributed by atoms with Gasteiger partial charge in [0.2, 0.25) is 12.4 Å². The van der Waals surface area contributed by atoms with E-state index in [1.165, 1.54) is 0 Å². The van der Waals surface area contributed by atoms with Crippen LogP contribution in [0.4, 0.5) is 26.2 Å². The molecule has 34 heavy (non-hydrogen) atoms. The number of alkyl halides is 2. The van der Waals surface area contributed by atoms with E-state index in [-0.39, 0.29) is 18.4 Å². The number of rotatable bonds is 7. The van der Waals surface area contributed by atoms with Gasteiger partial charge in [-0.3, -0.25) is 4.99 Å². The number of fused-ring (bicyclic) bond motifs is 2. The van der Waals surface area contributed by atoms with Crippen molar-refractivity contribution in [1.29, 1.82) is 0 Å². The molecule has 3 aromatic rings. The monoisotopic (exact) mass is 469 g/mol. The lowest BCUT2D eigenvalue weighted by molar-refractivity contribution is 0.0195. The van der Waals surface area contributed by atoms with Gasteiger partial charge in [-0.2, -0.15) is 4.98 Å². The van der Waals surface area contributed by atoms with Crippen LogP contribution in [0.1, 0.15) is 63.5 Å². The summed E-state index contributed by atoms with van der Waals surface area (Å²) >= 11 is 0. The number of aliphatic hydroxyl groups is 1. The predicted molar refractivity (Wildman–Crippen MR) is 128 cm³/mol. The summed E-state index contributed by atoms with van der Waals surface area (Å²) in [6.07, 6.45) is 5.36. The molecule has 1 saturated carbocycles. The molecule has 0 spiro atoms. The fourth-order valence-electron chi connectivity index (χ4n) is 4.83. The SMILES string of the molecule is CC1(O)CCC(Nc2nc(N)c3c(-c4ccc5c(n4)C(CCCC(F)F)C=N5)ccn3n2)CC1. The largest absolute Gasteiger partial charge is 0.390 e. The molecule has 8 nitrogen and oxygen atoms in total. The molecule has 180 valence electrons. The summed E-state index contributed by atoms with van der Waals surface area (Å²) in [6.45, 7) is 1.87. The number of aromatic nitrogens is 4. The zero-order valence-electron chi connectivity index (χ0n) is 19.1. The number of halogens is 2. The molecule has 1 aliphatic heterocycles. The van der Waals surface area contributed by atoms with E-state index in [2.05, 4.69) is 20.4 Å². The summed E-state index contributed by atoms with van der Waals surface area (Å²) in [7, 11) is 0. The molecule has 0 radical (unpaired) electrons. The van der Waals surface area contributed by atoms with Crippen molar-refractivity contribution in [1.82, 2.24) is 19.6 Å². The van der Waals surface area contributed by atoms with E-state index in [4.69, 9.17) is 10.7 Å². The van der Waals surface area contributed by atoms with E-state index >= 15 is 0 Å². The number of aliphatic imine (C=N–C) groups is 1. The molecule has 1 fully saturated rings. The fourth-order valence-corrected chi connectivity index (χ4v) is 4.83. The molecule has 0 amide bonds. The maximum Gasteiger partial charge on any atom is 0.243 e. The Kier molecular flexibility index (Phi) is 5.93. The van der Waals surface area contributed by atoms with Crippen molar-refractivity contribution < 1.29 is 13.9 Å². The average molecular weight is 470 g/mol. The molecule has 5 rings (SSSR count). The van der Waals surface area contributed by atoms with Gasteiger partial charge in [-0.05, 0) is 63.6 Å². The van der Waals surface area contributed by atoms with Gasteiger partial charge in [0.15, 0.2) is 5.82 Å². The maximum absolute atomic E-state index is 12.5. The van der Waals surface area contributed by atoms with Gasteiger partial charge >= 0.3 is 0 Å². The molecule has 10 heteroatoms. The molecule has 0 bridgehead atoms. The Hall–Kier alpha value is -3.14. The van der Waals surface area contributed by atoms with Gasteiger partial charge in [-0.1, -0.05) is 0 Å². The smallest absolute Gasteiger partial charge is 0.243 e. The van der Waals surface area contributed by atoms with Crippen LogP contribution in [0.5, 0.6) is 0 Å². The van der Waals surface area contributed by atoms with Gasteiger partial charge < -0.3 is 16.2 Å². The lowest BCUT2D eigenvalue weighted by atomic mass is 9.84. The minimum atomic E-state index is -2.29. The van der Waals surface area contributed by atoms with Gasteiger partial charge in [0.25, 0.3) is 0 Å². The standard InChI is InChI=1S/C24H29F2N7O/c1-24(34)10-7-15(8-11-24)29-23-31-22(27)21-16(9-12-33(21)32-23)17-5-6-18-20(30-17)14(13-28-18)3-2-4-19(25)26/h5-6,9,12-15,19,34H,2-4,7-8,10-11H2,1H3,(H3,27,29,31,32). The Balaban J connectivity index is 1.37. The summed E-state index contributed by atoms with van der Waals surface area (Å²) in [5.41, 5.74) is 9.51. The Morgan fingerprint density at radius 2 is 2.03 bits per heavy atom. The second kappa shape index (κ2) is 8.90. The number of nitrogens with two attached hydrogens (primary N) is 1. The van der Waals surface area contributed by atoms with Crippen LogP contribution in [0.2, 0.25) is 0 Å². The van der Waals surface area contributed by atoms with Gasteiger partial charge in [0, 0.05) is 36.4 Å². The Labute approximate surface area is 196 Å². The first-order valence-electron chi connectivity index (χ1n) is 11.8. The molecule has 1 atom stereocenters. The number of hydrogen-bond donors (Lipinski definition) is 3. The van der Waals surface area contributed by atoms with Crippen LogP contribution < -0.4 is 11.1 Å². The van der Waals surface area contributed by atoms with Crippen molar-refractivity contribution in [2.24, 2.45) is 4.99 Å². The predicted octanol–water partition coefficient (Wildman–Crippen LogP) is 4.71. The minimum absolute atomic E-state index is 0.0664. The van der Waals surface area contributed by atoms with E-state index in [0.717, 1.165) is 48.3 Å². The summed E-state index contributed by atoms with van der Waals surface area (Å²) < 4.78 is 26.8. The number of hydrogen-bond acceptors (Lipinski definition) is 7. The third kappa shape index (κ3) is 4.59. The van der Waals surface area contributed by atoms with E-state index in [9.17, 15) is 13.9 Å². The average Bonchev–Trinajstić information content (AvgIpc) is 3.39. The highest BCUT2D eigenvalue weighted by Crippen LogP contribution is 2.37. The number of nitrogens with zero attached hydrogens (tertiary/aromatic N) is 5. The van der Waals surface area contributed by atoms with Crippen molar-refractivity contribution in [3.8, 4) is 11.3 Å². The normalized spacial score (nSPS) is 24.1. The van der Waals surface area contributed by atoms with Crippen molar-refractivity contribution in [2.45, 2.75) is 75.9 Å². The lowest BCUT2D eigenvalue weighted by Crippen LogP contribution is -2.36. The van der Waals surface area contributed by atoms with Crippen LogP contribution in [-0.4, -0.2) is 49.0 Å². The zero-order chi connectivity index (χ0) is 23.9. The van der Waals surface area contributed by atoms with Crippen LogP contribution in [0.15, 0.2) is 29.4 Å². The van der Waals surface area contributed by atoms with Gasteiger partial charge in [-0.15, -0.1) is 5.10 Å². The van der Waals surface area contributed by atoms with Crippen LogP contribution in [0, 0.1) is 0 Å². The van der Waals surface area contributed by atoms with Crippen molar-refractivity contribution in [3.63, 3.8) is 0 Å². The summed E-state index contributed by atoms with van der Waals surface area (Å²) in [4.78, 5) is 13.7.